The van der Waals surface area contributed by atoms with E-state index < -0.39 is 0 Å². The number of ether oxygens (including phenoxy) is 1. The van der Waals surface area contributed by atoms with Gasteiger partial charge in [-0.05, 0) is 44.1 Å². The summed E-state index contributed by atoms with van der Waals surface area (Å²) < 4.78 is 5.61. The number of likely N-dealkylation sites (tertiary alicyclic amines) is 1. The van der Waals surface area contributed by atoms with Crippen LogP contribution in [0, 0.1) is 5.92 Å². The van der Waals surface area contributed by atoms with Gasteiger partial charge in [-0.2, -0.15) is 0 Å². The van der Waals surface area contributed by atoms with Gasteiger partial charge >= 0.3 is 5.97 Å². The molecule has 1 aromatic rings. The summed E-state index contributed by atoms with van der Waals surface area (Å²) in [5.74, 6) is -0.322. The van der Waals surface area contributed by atoms with Crippen LogP contribution in [-0.2, 0) is 14.3 Å². The third kappa shape index (κ3) is 4.69. The minimum absolute atomic E-state index is 0.0507. The van der Waals surface area contributed by atoms with Gasteiger partial charge in [0, 0.05) is 4.47 Å². The minimum Gasteiger partial charge on any atom is -0.469 e. The predicted octanol–water partition coefficient (Wildman–Crippen LogP) is 2.93. The van der Waals surface area contributed by atoms with E-state index in [9.17, 15) is 9.59 Å². The SMILES string of the molecule is COC(=O)C1CCN(CC(=O)Nc2ccc(Br)cc2Cl)CC1. The molecule has 0 atom stereocenters. The molecule has 1 aliphatic heterocycles. The summed E-state index contributed by atoms with van der Waals surface area (Å²) in [5.41, 5.74) is 0.597. The fourth-order valence-electron chi connectivity index (χ4n) is 2.48. The molecule has 5 nitrogen and oxygen atoms in total. The van der Waals surface area contributed by atoms with E-state index in [1.54, 1.807) is 12.1 Å². The van der Waals surface area contributed by atoms with Crippen LogP contribution >= 0.6 is 27.5 Å². The van der Waals surface area contributed by atoms with E-state index in [0.717, 1.165) is 17.3 Å². The van der Waals surface area contributed by atoms with Crippen LogP contribution < -0.4 is 5.32 Å². The van der Waals surface area contributed by atoms with Crippen molar-refractivity contribution in [3.8, 4) is 0 Å². The number of nitrogens with zero attached hydrogens (tertiary/aromatic N) is 1. The Labute approximate surface area is 143 Å². The predicted molar refractivity (Wildman–Crippen MR) is 89.0 cm³/mol. The maximum Gasteiger partial charge on any atom is 0.308 e. The van der Waals surface area contributed by atoms with Crippen LogP contribution in [0.3, 0.4) is 0 Å². The van der Waals surface area contributed by atoms with Crippen molar-refractivity contribution in [2.45, 2.75) is 12.8 Å². The van der Waals surface area contributed by atoms with Crippen molar-refractivity contribution in [1.29, 1.82) is 0 Å². The molecule has 1 aromatic carbocycles. The zero-order chi connectivity index (χ0) is 16.1. The van der Waals surface area contributed by atoms with Crippen LogP contribution in [-0.4, -0.2) is 43.5 Å². The molecule has 1 amide bonds. The highest BCUT2D eigenvalue weighted by molar-refractivity contribution is 9.10. The minimum atomic E-state index is -0.161. The largest absolute Gasteiger partial charge is 0.469 e. The number of rotatable bonds is 4. The molecule has 22 heavy (non-hydrogen) atoms. The number of hydrogen-bond donors (Lipinski definition) is 1. The standard InChI is InChI=1S/C15H18BrClN2O3/c1-22-15(21)10-4-6-19(7-5-10)9-14(20)18-13-3-2-11(16)8-12(13)17/h2-3,8,10H,4-7,9H2,1H3,(H,18,20). The Hall–Kier alpha value is -1.11. The van der Waals surface area contributed by atoms with Crippen molar-refractivity contribution in [1.82, 2.24) is 4.90 Å². The summed E-state index contributed by atoms with van der Waals surface area (Å²) in [6.45, 7) is 1.71. The van der Waals surface area contributed by atoms with Gasteiger partial charge in [0.15, 0.2) is 0 Å². The highest BCUT2D eigenvalue weighted by Crippen LogP contribution is 2.25. The van der Waals surface area contributed by atoms with E-state index in [-0.39, 0.29) is 17.8 Å². The van der Waals surface area contributed by atoms with Gasteiger partial charge in [-0.3, -0.25) is 14.5 Å². The number of benzene rings is 1. The lowest BCUT2D eigenvalue weighted by molar-refractivity contribution is -0.147. The van der Waals surface area contributed by atoms with E-state index >= 15 is 0 Å². The second-order valence-corrected chi connectivity index (χ2v) is 6.57. The summed E-state index contributed by atoms with van der Waals surface area (Å²) >= 11 is 9.40. The van der Waals surface area contributed by atoms with Crippen LogP contribution in [0.1, 0.15) is 12.8 Å². The number of amides is 1. The van der Waals surface area contributed by atoms with E-state index in [4.69, 9.17) is 16.3 Å². The Morgan fingerprint density at radius 1 is 1.41 bits per heavy atom. The first-order valence-corrected chi connectivity index (χ1v) is 8.21. The molecule has 1 saturated heterocycles. The number of anilines is 1. The fourth-order valence-corrected chi connectivity index (χ4v) is 3.20. The molecule has 2 rings (SSSR count). The third-order valence-corrected chi connectivity index (χ3v) is 4.50. The normalized spacial score (nSPS) is 16.3. The van der Waals surface area contributed by atoms with Crippen molar-refractivity contribution < 1.29 is 14.3 Å². The Morgan fingerprint density at radius 2 is 2.09 bits per heavy atom. The smallest absolute Gasteiger partial charge is 0.308 e. The van der Waals surface area contributed by atoms with Crippen molar-refractivity contribution in [3.63, 3.8) is 0 Å². The molecule has 0 saturated carbocycles. The number of methoxy groups -OCH3 is 1. The first-order valence-electron chi connectivity index (χ1n) is 7.04. The summed E-state index contributed by atoms with van der Waals surface area (Å²) in [7, 11) is 1.41. The second-order valence-electron chi connectivity index (χ2n) is 5.25. The molecule has 1 heterocycles. The number of hydrogen-bond acceptors (Lipinski definition) is 4. The highest BCUT2D eigenvalue weighted by atomic mass is 79.9. The van der Waals surface area contributed by atoms with Crippen molar-refractivity contribution in [2.24, 2.45) is 5.92 Å². The molecule has 0 radical (unpaired) electrons. The summed E-state index contributed by atoms with van der Waals surface area (Å²) in [4.78, 5) is 25.6. The lowest BCUT2D eigenvalue weighted by Gasteiger charge is -2.29. The van der Waals surface area contributed by atoms with Gasteiger partial charge in [-0.25, -0.2) is 0 Å². The second kappa shape index (κ2) is 7.94. The summed E-state index contributed by atoms with van der Waals surface area (Å²) in [6.07, 6.45) is 1.44. The zero-order valence-electron chi connectivity index (χ0n) is 12.3. The summed E-state index contributed by atoms with van der Waals surface area (Å²) in [6, 6.07) is 5.32. The molecule has 0 unspecified atom stereocenters. The lowest BCUT2D eigenvalue weighted by Crippen LogP contribution is -2.41. The highest BCUT2D eigenvalue weighted by Gasteiger charge is 2.26. The van der Waals surface area contributed by atoms with Gasteiger partial charge in [-0.15, -0.1) is 0 Å². The average Bonchev–Trinajstić information content (AvgIpc) is 2.50. The van der Waals surface area contributed by atoms with Gasteiger partial charge in [0.1, 0.15) is 0 Å². The number of esters is 1. The molecule has 0 aromatic heterocycles. The average molecular weight is 390 g/mol. The number of carbonyl (C=O) groups is 2. The Morgan fingerprint density at radius 3 is 2.68 bits per heavy atom. The zero-order valence-corrected chi connectivity index (χ0v) is 14.6. The number of piperidine rings is 1. The molecule has 0 spiro atoms. The Balaban J connectivity index is 1.82. The maximum atomic E-state index is 12.1. The maximum absolute atomic E-state index is 12.1. The van der Waals surface area contributed by atoms with Crippen molar-refractivity contribution in [2.75, 3.05) is 32.1 Å². The topological polar surface area (TPSA) is 58.6 Å². The van der Waals surface area contributed by atoms with Gasteiger partial charge in [0.2, 0.25) is 5.91 Å². The van der Waals surface area contributed by atoms with E-state index in [2.05, 4.69) is 21.2 Å². The van der Waals surface area contributed by atoms with Gasteiger partial charge < -0.3 is 10.1 Å². The first kappa shape index (κ1) is 17.2. The van der Waals surface area contributed by atoms with Crippen LogP contribution in [0.2, 0.25) is 5.02 Å². The van der Waals surface area contributed by atoms with Crippen LogP contribution in [0.25, 0.3) is 0 Å². The van der Waals surface area contributed by atoms with E-state index in [0.29, 0.717) is 30.3 Å². The molecule has 0 aliphatic carbocycles. The van der Waals surface area contributed by atoms with Crippen LogP contribution in [0.4, 0.5) is 5.69 Å². The number of halogens is 2. The molecule has 0 bridgehead atoms. The van der Waals surface area contributed by atoms with Crippen LogP contribution in [0.5, 0.6) is 0 Å². The molecule has 1 N–H and O–H groups in total. The molecule has 1 fully saturated rings. The van der Waals surface area contributed by atoms with Crippen molar-refractivity contribution >= 4 is 45.1 Å². The monoisotopic (exact) mass is 388 g/mol. The molecular weight excluding hydrogens is 372 g/mol. The molecular formula is C15H18BrClN2O3. The van der Waals surface area contributed by atoms with E-state index in [1.807, 2.05) is 11.0 Å². The van der Waals surface area contributed by atoms with Crippen LogP contribution in [0.15, 0.2) is 22.7 Å². The quantitative estimate of drug-likeness (QED) is 0.805. The van der Waals surface area contributed by atoms with Crippen molar-refractivity contribution in [3.05, 3.63) is 27.7 Å². The Kier molecular flexibility index (Phi) is 6.23. The van der Waals surface area contributed by atoms with Gasteiger partial charge in [-0.1, -0.05) is 27.5 Å². The van der Waals surface area contributed by atoms with Gasteiger partial charge in [0.25, 0.3) is 0 Å². The van der Waals surface area contributed by atoms with E-state index in [1.165, 1.54) is 7.11 Å². The number of carbonyl (C=O) groups excluding carboxylic acids is 2. The third-order valence-electron chi connectivity index (χ3n) is 3.69. The number of nitrogens with one attached hydrogen (secondary N) is 1. The molecule has 120 valence electrons. The molecule has 7 heteroatoms. The fraction of sp³-hybridized carbons (Fsp3) is 0.467. The van der Waals surface area contributed by atoms with Gasteiger partial charge in [0.05, 0.1) is 30.3 Å². The summed E-state index contributed by atoms with van der Waals surface area (Å²) in [5, 5.41) is 3.30. The molecule has 1 aliphatic rings. The Bertz CT molecular complexity index is 560. The first-order chi connectivity index (χ1) is 10.5. The lowest BCUT2D eigenvalue weighted by atomic mass is 9.97.